The Labute approximate surface area is 145 Å². The van der Waals surface area contributed by atoms with E-state index in [2.05, 4.69) is 9.93 Å². The SMILES string of the molecule is Cc1ccc(/C(Cl)=N/NS(=O)(=O)c2ccc3ccccc3c2)cc1. The lowest BCUT2D eigenvalue weighted by molar-refractivity contribution is 0.584. The highest BCUT2D eigenvalue weighted by atomic mass is 35.5. The third-order valence-corrected chi connectivity index (χ3v) is 5.09. The molecule has 0 atom stereocenters. The van der Waals surface area contributed by atoms with Gasteiger partial charge in [0.1, 0.15) is 0 Å². The first-order valence-electron chi connectivity index (χ1n) is 7.26. The summed E-state index contributed by atoms with van der Waals surface area (Å²) in [4.78, 5) is 2.32. The standard InChI is InChI=1S/C18H15ClN2O2S/c1-13-6-8-15(9-7-13)18(19)20-21-24(22,23)17-11-10-14-4-2-3-5-16(14)12-17/h2-12,21H,1H3/b20-18-. The van der Waals surface area contributed by atoms with Gasteiger partial charge in [-0.15, -0.1) is 0 Å². The number of hydrogen-bond donors (Lipinski definition) is 1. The number of benzene rings is 3. The summed E-state index contributed by atoms with van der Waals surface area (Å²) in [7, 11) is -3.78. The van der Waals surface area contributed by atoms with E-state index in [0.29, 0.717) is 5.56 Å². The van der Waals surface area contributed by atoms with Gasteiger partial charge < -0.3 is 0 Å². The Kier molecular flexibility index (Phi) is 4.55. The van der Waals surface area contributed by atoms with Crippen molar-refractivity contribution in [1.82, 2.24) is 4.83 Å². The van der Waals surface area contributed by atoms with Gasteiger partial charge in [-0.3, -0.25) is 0 Å². The molecule has 0 amide bonds. The minimum absolute atomic E-state index is 0.0827. The number of halogens is 1. The molecule has 1 N–H and O–H groups in total. The number of fused-ring (bicyclic) bond motifs is 1. The highest BCUT2D eigenvalue weighted by Crippen LogP contribution is 2.19. The van der Waals surface area contributed by atoms with Crippen LogP contribution in [-0.2, 0) is 10.0 Å². The predicted octanol–water partition coefficient (Wildman–Crippen LogP) is 4.03. The van der Waals surface area contributed by atoms with Crippen LogP contribution in [0.25, 0.3) is 10.8 Å². The lowest BCUT2D eigenvalue weighted by Gasteiger charge is -2.06. The number of aryl methyl sites for hydroxylation is 1. The van der Waals surface area contributed by atoms with Gasteiger partial charge in [-0.25, -0.2) is 0 Å². The molecule has 0 radical (unpaired) electrons. The maximum absolute atomic E-state index is 12.4. The van der Waals surface area contributed by atoms with Crippen molar-refractivity contribution in [3.8, 4) is 0 Å². The van der Waals surface area contributed by atoms with Crippen molar-refractivity contribution < 1.29 is 8.42 Å². The molecule has 0 saturated heterocycles. The first kappa shape index (κ1) is 16.5. The molecule has 0 spiro atoms. The zero-order valence-corrected chi connectivity index (χ0v) is 14.5. The van der Waals surface area contributed by atoms with Crippen molar-refractivity contribution in [1.29, 1.82) is 0 Å². The van der Waals surface area contributed by atoms with Gasteiger partial charge in [-0.05, 0) is 29.8 Å². The molecule has 0 bridgehead atoms. The second-order valence-corrected chi connectivity index (χ2v) is 7.39. The van der Waals surface area contributed by atoms with Crippen LogP contribution in [0.4, 0.5) is 0 Å². The molecule has 0 aliphatic carbocycles. The van der Waals surface area contributed by atoms with E-state index in [4.69, 9.17) is 11.6 Å². The summed E-state index contributed by atoms with van der Waals surface area (Å²) in [6.45, 7) is 1.96. The van der Waals surface area contributed by atoms with Gasteiger partial charge >= 0.3 is 0 Å². The van der Waals surface area contributed by atoms with E-state index in [1.165, 1.54) is 0 Å². The Bertz CT molecular complexity index is 1010. The summed E-state index contributed by atoms with van der Waals surface area (Å²) < 4.78 is 24.8. The van der Waals surface area contributed by atoms with Gasteiger partial charge in [-0.2, -0.15) is 18.4 Å². The second kappa shape index (κ2) is 6.63. The lowest BCUT2D eigenvalue weighted by Crippen LogP contribution is -2.19. The smallest absolute Gasteiger partial charge is 0.200 e. The monoisotopic (exact) mass is 358 g/mol. The molecule has 3 aromatic carbocycles. The van der Waals surface area contributed by atoms with E-state index >= 15 is 0 Å². The summed E-state index contributed by atoms with van der Waals surface area (Å²) >= 11 is 6.07. The zero-order valence-electron chi connectivity index (χ0n) is 12.9. The Morgan fingerprint density at radius 3 is 2.33 bits per heavy atom. The molecule has 3 rings (SSSR count). The molecule has 0 aromatic heterocycles. The minimum Gasteiger partial charge on any atom is -0.200 e. The average molecular weight is 359 g/mol. The van der Waals surface area contributed by atoms with Crippen LogP contribution in [0.1, 0.15) is 11.1 Å². The number of hydrogen-bond acceptors (Lipinski definition) is 3. The van der Waals surface area contributed by atoms with E-state index in [9.17, 15) is 8.42 Å². The van der Waals surface area contributed by atoms with Gasteiger partial charge in [0.15, 0.2) is 5.17 Å². The molecule has 0 saturated carbocycles. The van der Waals surface area contributed by atoms with E-state index in [0.717, 1.165) is 16.3 Å². The normalized spacial score (nSPS) is 12.3. The number of hydrazone groups is 1. The van der Waals surface area contributed by atoms with E-state index in [-0.39, 0.29) is 10.1 Å². The number of sulfonamides is 1. The van der Waals surface area contributed by atoms with Gasteiger partial charge in [-0.1, -0.05) is 71.8 Å². The molecule has 0 heterocycles. The van der Waals surface area contributed by atoms with Crippen molar-refractivity contribution in [3.63, 3.8) is 0 Å². The summed E-state index contributed by atoms with van der Waals surface area (Å²) in [6, 6.07) is 19.8. The van der Waals surface area contributed by atoms with Crippen LogP contribution in [0, 0.1) is 6.92 Å². The zero-order chi connectivity index (χ0) is 17.2. The third kappa shape index (κ3) is 3.58. The highest BCUT2D eigenvalue weighted by Gasteiger charge is 2.14. The molecular formula is C18H15ClN2O2S. The van der Waals surface area contributed by atoms with Crippen molar-refractivity contribution >= 4 is 37.6 Å². The van der Waals surface area contributed by atoms with Crippen LogP contribution in [0.2, 0.25) is 0 Å². The molecule has 0 aliphatic heterocycles. The van der Waals surface area contributed by atoms with Gasteiger partial charge in [0, 0.05) is 5.56 Å². The first-order valence-corrected chi connectivity index (χ1v) is 9.13. The Balaban J connectivity index is 1.86. The van der Waals surface area contributed by atoms with E-state index in [1.807, 2.05) is 43.3 Å². The van der Waals surface area contributed by atoms with Crippen molar-refractivity contribution in [2.24, 2.45) is 5.10 Å². The molecular weight excluding hydrogens is 344 g/mol. The summed E-state index contributed by atoms with van der Waals surface area (Å²) in [5.74, 6) is 0. The van der Waals surface area contributed by atoms with E-state index < -0.39 is 10.0 Å². The van der Waals surface area contributed by atoms with Crippen LogP contribution < -0.4 is 4.83 Å². The van der Waals surface area contributed by atoms with Gasteiger partial charge in [0.2, 0.25) is 0 Å². The maximum Gasteiger partial charge on any atom is 0.276 e. The Morgan fingerprint density at radius 2 is 1.62 bits per heavy atom. The third-order valence-electron chi connectivity index (χ3n) is 3.58. The lowest BCUT2D eigenvalue weighted by atomic mass is 10.1. The quantitative estimate of drug-likeness (QED) is 0.565. The predicted molar refractivity (Wildman–Crippen MR) is 97.8 cm³/mol. The number of nitrogens with one attached hydrogen (secondary N) is 1. The van der Waals surface area contributed by atoms with Crippen LogP contribution in [0.3, 0.4) is 0 Å². The highest BCUT2D eigenvalue weighted by molar-refractivity contribution is 7.89. The van der Waals surface area contributed by atoms with Crippen molar-refractivity contribution in [2.75, 3.05) is 0 Å². The Hall–Kier alpha value is -2.37. The van der Waals surface area contributed by atoms with E-state index in [1.54, 1.807) is 30.3 Å². The minimum atomic E-state index is -3.78. The Morgan fingerprint density at radius 1 is 0.958 bits per heavy atom. The summed E-state index contributed by atoms with van der Waals surface area (Å²) in [5.41, 5.74) is 1.73. The van der Waals surface area contributed by atoms with Crippen LogP contribution in [0.15, 0.2) is 76.7 Å². The summed E-state index contributed by atoms with van der Waals surface area (Å²) in [5, 5.41) is 5.69. The molecule has 3 aromatic rings. The number of nitrogens with zero attached hydrogens (tertiary/aromatic N) is 1. The molecule has 122 valence electrons. The molecule has 6 heteroatoms. The number of rotatable bonds is 4. The molecule has 4 nitrogen and oxygen atoms in total. The molecule has 0 aliphatic rings. The van der Waals surface area contributed by atoms with Gasteiger partial charge in [0.25, 0.3) is 10.0 Å². The van der Waals surface area contributed by atoms with Crippen molar-refractivity contribution in [2.45, 2.75) is 11.8 Å². The fourth-order valence-corrected chi connectivity index (χ4v) is 3.31. The second-order valence-electron chi connectivity index (χ2n) is 5.37. The molecule has 0 fully saturated rings. The maximum atomic E-state index is 12.4. The first-order chi connectivity index (χ1) is 11.5. The largest absolute Gasteiger partial charge is 0.276 e. The fourth-order valence-electron chi connectivity index (χ4n) is 2.24. The van der Waals surface area contributed by atoms with Crippen molar-refractivity contribution in [3.05, 3.63) is 77.9 Å². The van der Waals surface area contributed by atoms with Crippen LogP contribution >= 0.6 is 11.6 Å². The summed E-state index contributed by atoms with van der Waals surface area (Å²) in [6.07, 6.45) is 0. The molecule has 0 unspecified atom stereocenters. The van der Waals surface area contributed by atoms with Crippen LogP contribution in [-0.4, -0.2) is 13.6 Å². The molecule has 24 heavy (non-hydrogen) atoms. The average Bonchev–Trinajstić information content (AvgIpc) is 2.60. The van der Waals surface area contributed by atoms with Gasteiger partial charge in [0.05, 0.1) is 4.90 Å². The topological polar surface area (TPSA) is 58.5 Å². The van der Waals surface area contributed by atoms with Crippen LogP contribution in [0.5, 0.6) is 0 Å². The fraction of sp³-hybridized carbons (Fsp3) is 0.0556.